The van der Waals surface area contributed by atoms with Crippen LogP contribution in [0.1, 0.15) is 29.9 Å². The maximum atomic E-state index is 11.8. The lowest BCUT2D eigenvalue weighted by Crippen LogP contribution is -2.23. The van der Waals surface area contributed by atoms with Crippen LogP contribution < -0.4 is 5.32 Å². The molecule has 6 nitrogen and oxygen atoms in total. The van der Waals surface area contributed by atoms with Gasteiger partial charge in [-0.2, -0.15) is 10.2 Å². The molecule has 0 spiro atoms. The largest absolute Gasteiger partial charge is 0.346 e. The van der Waals surface area contributed by atoms with Crippen molar-refractivity contribution in [3.05, 3.63) is 35.9 Å². The van der Waals surface area contributed by atoms with E-state index in [0.717, 1.165) is 18.7 Å². The lowest BCUT2D eigenvalue weighted by atomic mass is 10.3. The molecular formula is C12H17N5O. The number of nitrogens with zero attached hydrogens (tertiary/aromatic N) is 4. The third-order valence-electron chi connectivity index (χ3n) is 2.66. The Morgan fingerprint density at radius 1 is 1.33 bits per heavy atom. The van der Waals surface area contributed by atoms with Crippen molar-refractivity contribution in [1.82, 2.24) is 24.9 Å². The van der Waals surface area contributed by atoms with Gasteiger partial charge in [0.25, 0.3) is 5.91 Å². The molecule has 0 bridgehead atoms. The van der Waals surface area contributed by atoms with Gasteiger partial charge in [-0.3, -0.25) is 14.2 Å². The van der Waals surface area contributed by atoms with E-state index in [-0.39, 0.29) is 5.91 Å². The van der Waals surface area contributed by atoms with Gasteiger partial charge >= 0.3 is 0 Å². The third kappa shape index (κ3) is 2.77. The van der Waals surface area contributed by atoms with Gasteiger partial charge in [0, 0.05) is 37.6 Å². The summed E-state index contributed by atoms with van der Waals surface area (Å²) >= 11 is 0. The molecule has 0 unspecified atom stereocenters. The van der Waals surface area contributed by atoms with Crippen LogP contribution in [0.25, 0.3) is 0 Å². The molecule has 0 atom stereocenters. The number of aryl methyl sites for hydroxylation is 2. The van der Waals surface area contributed by atoms with Gasteiger partial charge in [-0.1, -0.05) is 0 Å². The zero-order chi connectivity index (χ0) is 13.0. The molecule has 0 aliphatic rings. The Bertz CT molecular complexity index is 528. The average Bonchev–Trinajstić information content (AvgIpc) is 3.04. The molecule has 1 amide bonds. The molecule has 18 heavy (non-hydrogen) atoms. The van der Waals surface area contributed by atoms with E-state index < -0.39 is 0 Å². The van der Waals surface area contributed by atoms with E-state index in [9.17, 15) is 4.79 Å². The third-order valence-corrected chi connectivity index (χ3v) is 2.66. The Hall–Kier alpha value is -2.11. The molecule has 0 aromatic carbocycles. The Kier molecular flexibility index (Phi) is 3.76. The van der Waals surface area contributed by atoms with Crippen molar-refractivity contribution in [2.75, 3.05) is 0 Å². The molecule has 0 aliphatic heterocycles. The van der Waals surface area contributed by atoms with Gasteiger partial charge in [-0.05, 0) is 19.9 Å². The predicted octanol–water partition coefficient (Wildman–Crippen LogP) is 1.05. The van der Waals surface area contributed by atoms with Crippen molar-refractivity contribution in [2.45, 2.75) is 33.5 Å². The zero-order valence-corrected chi connectivity index (χ0v) is 10.6. The minimum Gasteiger partial charge on any atom is -0.346 e. The standard InChI is InChI=1S/C12H17N5O/c1-3-16-6-5-11(15-16)12(18)13-7-10-8-14-17(4-2)9-10/h5-6,8-9H,3-4,7H2,1-2H3,(H,13,18). The lowest BCUT2D eigenvalue weighted by molar-refractivity contribution is 0.0945. The van der Waals surface area contributed by atoms with Crippen LogP contribution in [-0.2, 0) is 19.6 Å². The van der Waals surface area contributed by atoms with E-state index in [1.54, 1.807) is 23.1 Å². The van der Waals surface area contributed by atoms with Gasteiger partial charge in [0.2, 0.25) is 0 Å². The number of hydrogen-bond donors (Lipinski definition) is 1. The summed E-state index contributed by atoms with van der Waals surface area (Å²) in [6, 6.07) is 1.72. The summed E-state index contributed by atoms with van der Waals surface area (Å²) in [6.45, 7) is 6.06. The van der Waals surface area contributed by atoms with Gasteiger partial charge in [0.15, 0.2) is 0 Å². The van der Waals surface area contributed by atoms with Crippen molar-refractivity contribution in [1.29, 1.82) is 0 Å². The summed E-state index contributed by atoms with van der Waals surface area (Å²) in [7, 11) is 0. The second-order valence-electron chi connectivity index (χ2n) is 3.94. The number of amides is 1. The van der Waals surface area contributed by atoms with Crippen molar-refractivity contribution >= 4 is 5.91 Å². The first-order valence-corrected chi connectivity index (χ1v) is 6.06. The monoisotopic (exact) mass is 247 g/mol. The summed E-state index contributed by atoms with van der Waals surface area (Å²) in [5, 5.41) is 11.1. The average molecular weight is 247 g/mol. The maximum Gasteiger partial charge on any atom is 0.272 e. The highest BCUT2D eigenvalue weighted by Crippen LogP contribution is 1.99. The number of aromatic nitrogens is 4. The quantitative estimate of drug-likeness (QED) is 0.859. The first-order chi connectivity index (χ1) is 8.72. The summed E-state index contributed by atoms with van der Waals surface area (Å²) in [6.07, 6.45) is 5.48. The summed E-state index contributed by atoms with van der Waals surface area (Å²) < 4.78 is 3.55. The Morgan fingerprint density at radius 2 is 2.11 bits per heavy atom. The van der Waals surface area contributed by atoms with E-state index in [2.05, 4.69) is 15.5 Å². The van der Waals surface area contributed by atoms with Crippen molar-refractivity contribution in [3.8, 4) is 0 Å². The van der Waals surface area contributed by atoms with Gasteiger partial charge < -0.3 is 5.32 Å². The van der Waals surface area contributed by atoms with E-state index in [4.69, 9.17) is 0 Å². The van der Waals surface area contributed by atoms with Crippen LogP contribution in [0.15, 0.2) is 24.7 Å². The number of carbonyl (C=O) groups excluding carboxylic acids is 1. The smallest absolute Gasteiger partial charge is 0.272 e. The Labute approximate surface area is 106 Å². The topological polar surface area (TPSA) is 64.7 Å². The summed E-state index contributed by atoms with van der Waals surface area (Å²) in [5.74, 6) is -0.161. The fraction of sp³-hybridized carbons (Fsp3) is 0.417. The molecule has 2 rings (SSSR count). The van der Waals surface area contributed by atoms with E-state index >= 15 is 0 Å². The number of rotatable bonds is 5. The van der Waals surface area contributed by atoms with Crippen molar-refractivity contribution in [2.24, 2.45) is 0 Å². The van der Waals surface area contributed by atoms with E-state index in [1.807, 2.05) is 24.7 Å². The van der Waals surface area contributed by atoms with Crippen LogP contribution in [-0.4, -0.2) is 25.5 Å². The van der Waals surface area contributed by atoms with Crippen LogP contribution in [0.5, 0.6) is 0 Å². The summed E-state index contributed by atoms with van der Waals surface area (Å²) in [5.41, 5.74) is 1.43. The van der Waals surface area contributed by atoms with Gasteiger partial charge in [0.1, 0.15) is 5.69 Å². The molecule has 0 radical (unpaired) electrons. The zero-order valence-electron chi connectivity index (χ0n) is 10.6. The van der Waals surface area contributed by atoms with Crippen LogP contribution in [0, 0.1) is 0 Å². The molecule has 2 heterocycles. The molecular weight excluding hydrogens is 230 g/mol. The molecule has 0 saturated heterocycles. The molecule has 96 valence electrons. The SMILES string of the molecule is CCn1cc(CNC(=O)c2ccn(CC)n2)cn1. The Balaban J connectivity index is 1.91. The first kappa shape index (κ1) is 12.3. The van der Waals surface area contributed by atoms with Gasteiger partial charge in [-0.15, -0.1) is 0 Å². The normalized spacial score (nSPS) is 10.6. The van der Waals surface area contributed by atoms with Crippen molar-refractivity contribution < 1.29 is 4.79 Å². The molecule has 0 aliphatic carbocycles. The van der Waals surface area contributed by atoms with Gasteiger partial charge in [-0.25, -0.2) is 0 Å². The van der Waals surface area contributed by atoms with Crippen LogP contribution in [0.2, 0.25) is 0 Å². The molecule has 0 fully saturated rings. The molecule has 6 heteroatoms. The van der Waals surface area contributed by atoms with Crippen LogP contribution in [0.3, 0.4) is 0 Å². The lowest BCUT2D eigenvalue weighted by Gasteiger charge is -2.00. The molecule has 1 N–H and O–H groups in total. The number of hydrogen-bond acceptors (Lipinski definition) is 3. The predicted molar refractivity (Wildman–Crippen MR) is 67.0 cm³/mol. The van der Waals surface area contributed by atoms with Gasteiger partial charge in [0.05, 0.1) is 6.20 Å². The van der Waals surface area contributed by atoms with E-state index in [1.165, 1.54) is 0 Å². The fourth-order valence-corrected chi connectivity index (χ4v) is 1.60. The second kappa shape index (κ2) is 5.48. The maximum absolute atomic E-state index is 11.8. The highest BCUT2D eigenvalue weighted by atomic mass is 16.1. The molecule has 0 saturated carbocycles. The molecule has 2 aromatic heterocycles. The van der Waals surface area contributed by atoms with Crippen LogP contribution in [0.4, 0.5) is 0 Å². The highest BCUT2D eigenvalue weighted by Gasteiger charge is 2.09. The summed E-state index contributed by atoms with van der Waals surface area (Å²) in [4.78, 5) is 11.8. The van der Waals surface area contributed by atoms with Crippen LogP contribution >= 0.6 is 0 Å². The highest BCUT2D eigenvalue weighted by molar-refractivity contribution is 5.92. The van der Waals surface area contributed by atoms with Crippen molar-refractivity contribution in [3.63, 3.8) is 0 Å². The Morgan fingerprint density at radius 3 is 2.72 bits per heavy atom. The number of nitrogens with one attached hydrogen (secondary N) is 1. The van der Waals surface area contributed by atoms with E-state index in [0.29, 0.717) is 12.2 Å². The second-order valence-corrected chi connectivity index (χ2v) is 3.94. The minimum atomic E-state index is -0.161. The minimum absolute atomic E-state index is 0.161. The molecule has 2 aromatic rings. The fourth-order valence-electron chi connectivity index (χ4n) is 1.60. The number of carbonyl (C=O) groups is 1. The first-order valence-electron chi connectivity index (χ1n) is 6.06.